The largest absolute Gasteiger partial charge is 0.446 e. The summed E-state index contributed by atoms with van der Waals surface area (Å²) in [5, 5.41) is 6.46. The van der Waals surface area contributed by atoms with Gasteiger partial charge in [0.05, 0.1) is 11.6 Å². The van der Waals surface area contributed by atoms with Crippen molar-refractivity contribution in [2.24, 2.45) is 0 Å². The number of carbonyl (C=O) groups excluding carboxylic acids is 1. The van der Waals surface area contributed by atoms with Crippen LogP contribution in [0.15, 0.2) is 46.3 Å². The topological polar surface area (TPSA) is 85.6 Å². The van der Waals surface area contributed by atoms with Gasteiger partial charge in [0.25, 0.3) is 11.9 Å². The lowest BCUT2D eigenvalue weighted by atomic mass is 10.1. The second kappa shape index (κ2) is 9.05. The van der Waals surface area contributed by atoms with Crippen LogP contribution in [0.25, 0.3) is 5.95 Å². The Labute approximate surface area is 188 Å². The van der Waals surface area contributed by atoms with Crippen molar-refractivity contribution in [1.82, 2.24) is 30.0 Å². The second-order valence-corrected chi connectivity index (χ2v) is 8.03. The van der Waals surface area contributed by atoms with E-state index in [2.05, 4.69) is 41.3 Å². The molecule has 2 aromatic heterocycles. The molecule has 15 heteroatoms. The van der Waals surface area contributed by atoms with E-state index in [9.17, 15) is 31.1 Å². The molecule has 1 aromatic carbocycles. The summed E-state index contributed by atoms with van der Waals surface area (Å²) in [5.41, 5.74) is -6.81. The van der Waals surface area contributed by atoms with Gasteiger partial charge in [-0.25, -0.2) is 15.0 Å². The molecule has 32 heavy (non-hydrogen) atoms. The van der Waals surface area contributed by atoms with Gasteiger partial charge in [0.2, 0.25) is 4.73 Å². The Morgan fingerprint density at radius 1 is 1.12 bits per heavy atom. The SMILES string of the molecule is CC(NC(=O)c1cc(SC(F)(F)F)cc(C(F)(F)F)c1)c1nc(Br)nn1-c1ncccn1. The number of carbonyl (C=O) groups is 1. The third-order valence-corrected chi connectivity index (χ3v) is 4.85. The maximum absolute atomic E-state index is 13.2. The molecule has 1 atom stereocenters. The van der Waals surface area contributed by atoms with Gasteiger partial charge in [-0.3, -0.25) is 4.79 Å². The van der Waals surface area contributed by atoms with Crippen molar-refractivity contribution in [2.45, 2.75) is 29.5 Å². The Hall–Kier alpha value is -2.68. The third-order valence-electron chi connectivity index (χ3n) is 3.81. The minimum absolute atomic E-state index is 0.115. The minimum atomic E-state index is -4.95. The highest BCUT2D eigenvalue weighted by molar-refractivity contribution is 9.10. The zero-order valence-corrected chi connectivity index (χ0v) is 18.1. The molecule has 1 unspecified atom stereocenters. The molecule has 0 saturated heterocycles. The van der Waals surface area contributed by atoms with Gasteiger partial charge in [-0.1, -0.05) is 0 Å². The summed E-state index contributed by atoms with van der Waals surface area (Å²) in [6.07, 6.45) is -2.07. The Bertz CT molecular complexity index is 1120. The first kappa shape index (κ1) is 24.0. The van der Waals surface area contributed by atoms with Crippen molar-refractivity contribution in [2.75, 3.05) is 0 Å². The second-order valence-electron chi connectivity index (χ2n) is 6.19. The van der Waals surface area contributed by atoms with E-state index in [1.54, 1.807) is 6.07 Å². The lowest BCUT2D eigenvalue weighted by molar-refractivity contribution is -0.137. The highest BCUT2D eigenvalue weighted by atomic mass is 79.9. The Kier molecular flexibility index (Phi) is 6.78. The van der Waals surface area contributed by atoms with Crippen LogP contribution in [-0.4, -0.2) is 36.1 Å². The quantitative estimate of drug-likeness (QED) is 0.364. The number of amides is 1. The van der Waals surface area contributed by atoms with Gasteiger partial charge in [0.1, 0.15) is 0 Å². The van der Waals surface area contributed by atoms with Gasteiger partial charge in [0, 0.05) is 22.9 Å². The van der Waals surface area contributed by atoms with Crippen molar-refractivity contribution in [3.05, 3.63) is 58.3 Å². The van der Waals surface area contributed by atoms with Crippen LogP contribution in [0.2, 0.25) is 0 Å². The van der Waals surface area contributed by atoms with Crippen LogP contribution < -0.4 is 5.32 Å². The molecule has 0 spiro atoms. The van der Waals surface area contributed by atoms with E-state index in [1.807, 2.05) is 0 Å². The summed E-state index contributed by atoms with van der Waals surface area (Å²) in [6, 6.07) is 2.18. The lowest BCUT2D eigenvalue weighted by Gasteiger charge is -2.16. The smallest absolute Gasteiger partial charge is 0.342 e. The van der Waals surface area contributed by atoms with Gasteiger partial charge < -0.3 is 5.32 Å². The van der Waals surface area contributed by atoms with E-state index in [4.69, 9.17) is 0 Å². The molecular weight excluding hydrogens is 530 g/mol. The van der Waals surface area contributed by atoms with Crippen molar-refractivity contribution in [3.63, 3.8) is 0 Å². The van der Waals surface area contributed by atoms with E-state index in [0.717, 1.165) is 6.07 Å². The predicted octanol–water partition coefficient (Wildman–Crippen LogP) is 4.94. The van der Waals surface area contributed by atoms with E-state index >= 15 is 0 Å². The summed E-state index contributed by atoms with van der Waals surface area (Å²) in [5.74, 6) is -0.787. The molecule has 0 saturated carbocycles. The van der Waals surface area contributed by atoms with E-state index < -0.39 is 51.4 Å². The van der Waals surface area contributed by atoms with Crippen molar-refractivity contribution in [1.29, 1.82) is 0 Å². The van der Waals surface area contributed by atoms with E-state index in [-0.39, 0.29) is 16.5 Å². The monoisotopic (exact) mass is 540 g/mol. The number of nitrogens with zero attached hydrogens (tertiary/aromatic N) is 5. The van der Waals surface area contributed by atoms with Crippen LogP contribution in [0, 0.1) is 0 Å². The maximum atomic E-state index is 13.2. The van der Waals surface area contributed by atoms with Crippen LogP contribution in [0.4, 0.5) is 26.3 Å². The van der Waals surface area contributed by atoms with Crippen LogP contribution in [0.1, 0.15) is 34.7 Å². The fraction of sp³-hybridized carbons (Fsp3) is 0.235. The molecule has 0 aliphatic rings. The van der Waals surface area contributed by atoms with Crippen LogP contribution in [0.3, 0.4) is 0 Å². The number of nitrogens with one attached hydrogen (secondary N) is 1. The third kappa shape index (κ3) is 5.97. The molecule has 0 radical (unpaired) electrons. The highest BCUT2D eigenvalue weighted by Crippen LogP contribution is 2.40. The first-order valence-electron chi connectivity index (χ1n) is 8.52. The Morgan fingerprint density at radius 3 is 2.38 bits per heavy atom. The number of aromatic nitrogens is 5. The number of hydrogen-bond donors (Lipinski definition) is 1. The van der Waals surface area contributed by atoms with Gasteiger partial charge in [-0.15, -0.1) is 5.10 Å². The van der Waals surface area contributed by atoms with Gasteiger partial charge in [-0.2, -0.15) is 31.0 Å². The fourth-order valence-electron chi connectivity index (χ4n) is 2.56. The molecule has 170 valence electrons. The van der Waals surface area contributed by atoms with E-state index in [1.165, 1.54) is 24.0 Å². The van der Waals surface area contributed by atoms with Gasteiger partial charge in [-0.05, 0) is 58.9 Å². The van der Waals surface area contributed by atoms with Gasteiger partial charge >= 0.3 is 11.7 Å². The molecular formula is C17H11BrF6N6OS. The maximum Gasteiger partial charge on any atom is 0.446 e. The molecule has 3 aromatic rings. The molecule has 0 aliphatic carbocycles. The van der Waals surface area contributed by atoms with Crippen LogP contribution in [-0.2, 0) is 6.18 Å². The Morgan fingerprint density at radius 2 is 1.78 bits per heavy atom. The standard InChI is InChI=1S/C17H11BrF6N6OS/c1-8(12-28-14(18)29-30(12)15-25-3-2-4-26-15)27-13(31)9-5-10(16(19,20)21)7-11(6-9)32-17(22,23)24/h2-8H,1H3,(H,27,31). The average molecular weight is 541 g/mol. The zero-order chi connectivity index (χ0) is 23.7. The molecule has 0 bridgehead atoms. The number of hydrogen-bond acceptors (Lipinski definition) is 6. The average Bonchev–Trinajstić information content (AvgIpc) is 3.08. The lowest BCUT2D eigenvalue weighted by Crippen LogP contribution is -2.29. The summed E-state index contributed by atoms with van der Waals surface area (Å²) in [7, 11) is 0. The molecule has 1 N–H and O–H groups in total. The minimum Gasteiger partial charge on any atom is -0.342 e. The number of benzene rings is 1. The number of thioether (sulfide) groups is 1. The predicted molar refractivity (Wildman–Crippen MR) is 104 cm³/mol. The first-order valence-corrected chi connectivity index (χ1v) is 10.1. The molecule has 2 heterocycles. The van der Waals surface area contributed by atoms with Crippen molar-refractivity contribution in [3.8, 4) is 5.95 Å². The summed E-state index contributed by atoms with van der Waals surface area (Å²) >= 11 is 2.33. The first-order chi connectivity index (χ1) is 14.8. The summed E-state index contributed by atoms with van der Waals surface area (Å²) in [6.45, 7) is 1.47. The van der Waals surface area contributed by atoms with Crippen molar-refractivity contribution >= 4 is 33.6 Å². The normalized spacial score (nSPS) is 13.1. The molecule has 7 nitrogen and oxygen atoms in total. The number of alkyl halides is 6. The summed E-state index contributed by atoms with van der Waals surface area (Å²) in [4.78, 5) is 24.0. The highest BCUT2D eigenvalue weighted by Gasteiger charge is 2.35. The Balaban J connectivity index is 1.91. The van der Waals surface area contributed by atoms with E-state index in [0.29, 0.717) is 12.1 Å². The molecule has 0 fully saturated rings. The van der Waals surface area contributed by atoms with Gasteiger partial charge in [0.15, 0.2) is 5.82 Å². The fourth-order valence-corrected chi connectivity index (χ4v) is 3.54. The van der Waals surface area contributed by atoms with Crippen LogP contribution in [0.5, 0.6) is 0 Å². The van der Waals surface area contributed by atoms with Crippen molar-refractivity contribution < 1.29 is 31.1 Å². The number of rotatable bonds is 5. The molecule has 1 amide bonds. The number of halogens is 7. The zero-order valence-electron chi connectivity index (χ0n) is 15.7. The summed E-state index contributed by atoms with van der Waals surface area (Å²) < 4.78 is 78.9. The molecule has 3 rings (SSSR count). The van der Waals surface area contributed by atoms with Crippen LogP contribution >= 0.6 is 27.7 Å². The molecule has 0 aliphatic heterocycles.